The SMILES string of the molecule is CC(C)(C)OC(=O)NC(CC(=O)O)C(C)(C)S. The maximum atomic E-state index is 11.5. The first-order valence-electron chi connectivity index (χ1n) is 5.35. The smallest absolute Gasteiger partial charge is 0.407 e. The Labute approximate surface area is 107 Å². The molecule has 0 aliphatic heterocycles. The number of hydrogen-bond acceptors (Lipinski definition) is 4. The van der Waals surface area contributed by atoms with E-state index in [0.717, 1.165) is 0 Å². The number of nitrogens with one attached hydrogen (secondary N) is 1. The molecule has 1 atom stereocenters. The molecule has 0 bridgehead atoms. The maximum Gasteiger partial charge on any atom is 0.407 e. The summed E-state index contributed by atoms with van der Waals surface area (Å²) in [6.07, 6.45) is -0.832. The minimum atomic E-state index is -0.992. The highest BCUT2D eigenvalue weighted by Crippen LogP contribution is 2.20. The Kier molecular flexibility index (Phi) is 5.32. The van der Waals surface area contributed by atoms with Crippen molar-refractivity contribution < 1.29 is 19.4 Å². The summed E-state index contributed by atoms with van der Waals surface area (Å²) < 4.78 is 4.42. The molecule has 0 aromatic rings. The predicted molar refractivity (Wildman–Crippen MR) is 68.5 cm³/mol. The Morgan fingerprint density at radius 2 is 1.76 bits per heavy atom. The van der Waals surface area contributed by atoms with Crippen LogP contribution in [0.5, 0.6) is 0 Å². The van der Waals surface area contributed by atoms with Gasteiger partial charge in [-0.25, -0.2) is 4.79 Å². The van der Waals surface area contributed by atoms with Gasteiger partial charge in [-0.2, -0.15) is 12.6 Å². The van der Waals surface area contributed by atoms with E-state index in [0.29, 0.717) is 0 Å². The maximum absolute atomic E-state index is 11.5. The van der Waals surface area contributed by atoms with E-state index in [4.69, 9.17) is 9.84 Å². The fourth-order valence-corrected chi connectivity index (χ4v) is 1.26. The van der Waals surface area contributed by atoms with E-state index in [1.165, 1.54) is 0 Å². The van der Waals surface area contributed by atoms with Crippen molar-refractivity contribution in [3.63, 3.8) is 0 Å². The highest BCUT2D eigenvalue weighted by molar-refractivity contribution is 7.81. The van der Waals surface area contributed by atoms with E-state index in [1.54, 1.807) is 34.6 Å². The van der Waals surface area contributed by atoms with Crippen molar-refractivity contribution >= 4 is 24.7 Å². The zero-order valence-corrected chi connectivity index (χ0v) is 11.8. The van der Waals surface area contributed by atoms with Crippen molar-refractivity contribution in [2.24, 2.45) is 0 Å². The van der Waals surface area contributed by atoms with E-state index in [2.05, 4.69) is 17.9 Å². The van der Waals surface area contributed by atoms with Gasteiger partial charge < -0.3 is 15.2 Å². The number of carboxylic acid groups (broad SMARTS) is 1. The Balaban J connectivity index is 4.55. The molecule has 0 aromatic heterocycles. The monoisotopic (exact) mass is 263 g/mol. The summed E-state index contributed by atoms with van der Waals surface area (Å²) in [6, 6.07) is -0.599. The van der Waals surface area contributed by atoms with Crippen molar-refractivity contribution in [2.75, 3.05) is 0 Å². The molecular weight excluding hydrogens is 242 g/mol. The lowest BCUT2D eigenvalue weighted by atomic mass is 10.00. The Morgan fingerprint density at radius 1 is 1.29 bits per heavy atom. The third kappa shape index (κ3) is 7.90. The molecule has 1 amide bonds. The van der Waals surface area contributed by atoms with Crippen LogP contribution in [0.2, 0.25) is 0 Å². The lowest BCUT2D eigenvalue weighted by Gasteiger charge is -2.30. The third-order valence-corrected chi connectivity index (χ3v) is 2.23. The largest absolute Gasteiger partial charge is 0.481 e. The summed E-state index contributed by atoms with van der Waals surface area (Å²) in [4.78, 5) is 22.2. The predicted octanol–water partition coefficient (Wildman–Crippen LogP) is 2.06. The molecule has 0 saturated heterocycles. The summed E-state index contributed by atoms with van der Waals surface area (Å²) in [5, 5.41) is 11.3. The third-order valence-electron chi connectivity index (χ3n) is 1.92. The number of hydrogen-bond donors (Lipinski definition) is 3. The second-order valence-electron chi connectivity index (χ2n) is 5.45. The van der Waals surface area contributed by atoms with Crippen LogP contribution in [0.3, 0.4) is 0 Å². The lowest BCUT2D eigenvalue weighted by Crippen LogP contribution is -2.49. The number of carboxylic acids is 1. The number of aliphatic carboxylic acids is 1. The number of amides is 1. The molecule has 0 heterocycles. The van der Waals surface area contributed by atoms with Crippen molar-refractivity contribution in [3.05, 3.63) is 0 Å². The number of carbonyl (C=O) groups excluding carboxylic acids is 1. The fourth-order valence-electron chi connectivity index (χ4n) is 1.10. The molecule has 0 aromatic carbocycles. The van der Waals surface area contributed by atoms with Gasteiger partial charge in [0.15, 0.2) is 0 Å². The molecular formula is C11H21NO4S. The Hall–Kier alpha value is -0.910. The highest BCUT2D eigenvalue weighted by atomic mass is 32.1. The number of thiol groups is 1. The van der Waals surface area contributed by atoms with Crippen LogP contribution in [0.1, 0.15) is 41.0 Å². The van der Waals surface area contributed by atoms with Gasteiger partial charge in [-0.1, -0.05) is 0 Å². The van der Waals surface area contributed by atoms with Gasteiger partial charge in [0, 0.05) is 4.75 Å². The molecule has 0 radical (unpaired) electrons. The highest BCUT2D eigenvalue weighted by Gasteiger charge is 2.30. The van der Waals surface area contributed by atoms with E-state index in [9.17, 15) is 9.59 Å². The summed E-state index contributed by atoms with van der Waals surface area (Å²) >= 11 is 4.28. The Morgan fingerprint density at radius 3 is 2.06 bits per heavy atom. The number of carbonyl (C=O) groups is 2. The molecule has 0 rings (SSSR count). The van der Waals surface area contributed by atoms with Crippen molar-refractivity contribution in [1.82, 2.24) is 5.32 Å². The summed E-state index contributed by atoms with van der Waals surface area (Å²) in [7, 11) is 0. The van der Waals surface area contributed by atoms with E-state index < -0.39 is 28.5 Å². The van der Waals surface area contributed by atoms with Gasteiger partial charge in [-0.05, 0) is 34.6 Å². The molecule has 6 heteroatoms. The van der Waals surface area contributed by atoms with Gasteiger partial charge >= 0.3 is 12.1 Å². The molecule has 0 saturated carbocycles. The molecule has 2 N–H and O–H groups in total. The minimum Gasteiger partial charge on any atom is -0.481 e. The Bertz CT molecular complexity index is 291. The minimum absolute atomic E-state index is 0.199. The normalized spacial score (nSPS) is 14.0. The molecule has 0 fully saturated rings. The number of alkyl carbamates (subject to hydrolysis) is 1. The summed E-state index contributed by atoms with van der Waals surface area (Å²) in [5.74, 6) is -0.992. The first kappa shape index (κ1) is 16.1. The van der Waals surface area contributed by atoms with Gasteiger partial charge in [0.25, 0.3) is 0 Å². The van der Waals surface area contributed by atoms with Crippen LogP contribution >= 0.6 is 12.6 Å². The van der Waals surface area contributed by atoms with Gasteiger partial charge in [0.2, 0.25) is 0 Å². The van der Waals surface area contributed by atoms with Crippen LogP contribution in [0, 0.1) is 0 Å². The van der Waals surface area contributed by atoms with Crippen LogP contribution in [-0.4, -0.2) is 33.6 Å². The zero-order chi connectivity index (χ0) is 13.9. The summed E-state index contributed by atoms with van der Waals surface area (Å²) in [6.45, 7) is 8.70. The van der Waals surface area contributed by atoms with Crippen LogP contribution < -0.4 is 5.32 Å². The number of rotatable bonds is 4. The van der Waals surface area contributed by atoms with Gasteiger partial charge in [-0.15, -0.1) is 0 Å². The molecule has 1 unspecified atom stereocenters. The average molecular weight is 263 g/mol. The van der Waals surface area contributed by atoms with Crippen molar-refractivity contribution in [3.8, 4) is 0 Å². The second-order valence-corrected chi connectivity index (χ2v) is 6.60. The average Bonchev–Trinajstić information content (AvgIpc) is 1.95. The van der Waals surface area contributed by atoms with E-state index in [-0.39, 0.29) is 6.42 Å². The molecule has 5 nitrogen and oxygen atoms in total. The molecule has 100 valence electrons. The van der Waals surface area contributed by atoms with Gasteiger partial charge in [0.05, 0.1) is 12.5 Å². The van der Waals surface area contributed by atoms with Crippen LogP contribution in [-0.2, 0) is 9.53 Å². The quantitative estimate of drug-likeness (QED) is 0.679. The van der Waals surface area contributed by atoms with Crippen LogP contribution in [0.25, 0.3) is 0 Å². The topological polar surface area (TPSA) is 75.6 Å². The number of ether oxygens (including phenoxy) is 1. The first-order chi connectivity index (χ1) is 7.42. The molecule has 0 aliphatic rings. The standard InChI is InChI=1S/C11H21NO4S/c1-10(2,3)16-9(15)12-7(6-8(13)14)11(4,5)17/h7,17H,6H2,1-5H3,(H,12,15)(H,13,14). The fraction of sp³-hybridized carbons (Fsp3) is 0.818. The van der Waals surface area contributed by atoms with Gasteiger partial charge in [0.1, 0.15) is 5.60 Å². The van der Waals surface area contributed by atoms with E-state index >= 15 is 0 Å². The first-order valence-corrected chi connectivity index (χ1v) is 5.80. The van der Waals surface area contributed by atoms with Crippen molar-refractivity contribution in [2.45, 2.75) is 57.4 Å². The zero-order valence-electron chi connectivity index (χ0n) is 10.9. The van der Waals surface area contributed by atoms with Crippen molar-refractivity contribution in [1.29, 1.82) is 0 Å². The second kappa shape index (κ2) is 5.62. The molecule has 17 heavy (non-hydrogen) atoms. The summed E-state index contributed by atoms with van der Waals surface area (Å²) in [5.41, 5.74) is -0.613. The van der Waals surface area contributed by atoms with Crippen LogP contribution in [0.4, 0.5) is 4.79 Å². The molecule has 0 aliphatic carbocycles. The van der Waals surface area contributed by atoms with E-state index in [1.807, 2.05) is 0 Å². The van der Waals surface area contributed by atoms with Crippen LogP contribution in [0.15, 0.2) is 0 Å². The van der Waals surface area contributed by atoms with Gasteiger partial charge in [-0.3, -0.25) is 4.79 Å². The lowest BCUT2D eigenvalue weighted by molar-refractivity contribution is -0.137. The molecule has 0 spiro atoms.